The molecule has 0 fully saturated rings. The molecule has 0 radical (unpaired) electrons. The van der Waals surface area contributed by atoms with Crippen LogP contribution in [0, 0.1) is 5.82 Å². The van der Waals surface area contributed by atoms with Gasteiger partial charge in [-0.1, -0.05) is 19.8 Å². The first-order chi connectivity index (χ1) is 9.56. The van der Waals surface area contributed by atoms with Crippen LogP contribution in [0.1, 0.15) is 38.7 Å². The van der Waals surface area contributed by atoms with E-state index in [1.165, 1.54) is 12.1 Å². The van der Waals surface area contributed by atoms with Crippen LogP contribution in [0.5, 0.6) is 5.75 Å². The topological polar surface area (TPSA) is 64.3 Å². The summed E-state index contributed by atoms with van der Waals surface area (Å²) in [5.41, 5.74) is 6.11. The minimum atomic E-state index is -0.663. The Kier molecular flexibility index (Phi) is 7.01. The number of nitrogens with one attached hydrogen (secondary N) is 1. The Morgan fingerprint density at radius 1 is 1.40 bits per heavy atom. The molecule has 0 aliphatic carbocycles. The van der Waals surface area contributed by atoms with Crippen molar-refractivity contribution in [3.05, 3.63) is 29.6 Å². The maximum Gasteiger partial charge on any atom is 0.260 e. The van der Waals surface area contributed by atoms with Gasteiger partial charge in [0.25, 0.3) is 5.91 Å². The molecule has 0 spiro atoms. The second-order valence-corrected chi connectivity index (χ2v) is 4.76. The number of carbonyl (C=O) groups excluding carboxylic acids is 1. The van der Waals surface area contributed by atoms with E-state index >= 15 is 0 Å². The Labute approximate surface area is 119 Å². The smallest absolute Gasteiger partial charge is 0.260 e. The van der Waals surface area contributed by atoms with Gasteiger partial charge in [-0.25, -0.2) is 4.39 Å². The molecule has 0 aliphatic heterocycles. The van der Waals surface area contributed by atoms with Crippen molar-refractivity contribution >= 4 is 5.91 Å². The highest BCUT2D eigenvalue weighted by Crippen LogP contribution is 2.17. The predicted molar refractivity (Wildman–Crippen MR) is 76.9 cm³/mol. The fraction of sp³-hybridized carbons (Fsp3) is 0.533. The summed E-state index contributed by atoms with van der Waals surface area (Å²) in [7, 11) is 0. The third kappa shape index (κ3) is 5.57. The van der Waals surface area contributed by atoms with E-state index in [2.05, 4.69) is 12.2 Å². The number of ether oxygens (including phenoxy) is 1. The predicted octanol–water partition coefficient (Wildman–Crippen LogP) is 2.36. The molecule has 1 unspecified atom stereocenters. The summed E-state index contributed by atoms with van der Waals surface area (Å²) in [6, 6.07) is 4.24. The van der Waals surface area contributed by atoms with Crippen molar-refractivity contribution < 1.29 is 13.9 Å². The van der Waals surface area contributed by atoms with Crippen LogP contribution in [-0.2, 0) is 11.3 Å². The van der Waals surface area contributed by atoms with E-state index < -0.39 is 11.9 Å². The molecular formula is C15H23FN2O2. The van der Waals surface area contributed by atoms with E-state index in [-0.39, 0.29) is 12.5 Å². The first kappa shape index (κ1) is 16.4. The molecule has 112 valence electrons. The number of carbonyl (C=O) groups is 1. The molecule has 1 amide bonds. The van der Waals surface area contributed by atoms with Crippen LogP contribution in [0.4, 0.5) is 4.39 Å². The molecule has 1 atom stereocenters. The Balaban J connectivity index is 2.50. The average Bonchev–Trinajstić information content (AvgIpc) is 2.42. The third-order valence-corrected chi connectivity index (χ3v) is 2.93. The van der Waals surface area contributed by atoms with E-state index in [1.807, 2.05) is 0 Å². The maximum atomic E-state index is 13.3. The lowest BCUT2D eigenvalue weighted by atomic mass is 10.2. The second-order valence-electron chi connectivity index (χ2n) is 4.76. The molecule has 20 heavy (non-hydrogen) atoms. The van der Waals surface area contributed by atoms with E-state index in [4.69, 9.17) is 10.5 Å². The third-order valence-electron chi connectivity index (χ3n) is 2.93. The van der Waals surface area contributed by atoms with Gasteiger partial charge in [-0.15, -0.1) is 0 Å². The summed E-state index contributed by atoms with van der Waals surface area (Å²) in [5.74, 6) is -0.292. The number of hydrogen-bond acceptors (Lipinski definition) is 3. The van der Waals surface area contributed by atoms with Crippen LogP contribution in [0.2, 0.25) is 0 Å². The molecule has 1 aromatic carbocycles. The monoisotopic (exact) mass is 282 g/mol. The van der Waals surface area contributed by atoms with E-state index in [1.54, 1.807) is 13.0 Å². The quantitative estimate of drug-likeness (QED) is 0.719. The van der Waals surface area contributed by atoms with Crippen LogP contribution in [0.15, 0.2) is 18.2 Å². The molecule has 4 nitrogen and oxygen atoms in total. The number of halogens is 1. The van der Waals surface area contributed by atoms with Crippen molar-refractivity contribution in [3.63, 3.8) is 0 Å². The Hall–Kier alpha value is -1.62. The van der Waals surface area contributed by atoms with Gasteiger partial charge in [-0.3, -0.25) is 4.79 Å². The normalized spacial score (nSPS) is 12.0. The molecule has 0 bridgehead atoms. The Morgan fingerprint density at radius 2 is 2.15 bits per heavy atom. The number of rotatable bonds is 8. The van der Waals surface area contributed by atoms with Crippen LogP contribution in [0.25, 0.3) is 0 Å². The van der Waals surface area contributed by atoms with Crippen molar-refractivity contribution in [1.82, 2.24) is 5.32 Å². The van der Waals surface area contributed by atoms with Crippen molar-refractivity contribution in [2.24, 2.45) is 5.73 Å². The maximum absolute atomic E-state index is 13.3. The lowest BCUT2D eigenvalue weighted by Crippen LogP contribution is -2.36. The summed E-state index contributed by atoms with van der Waals surface area (Å²) in [4.78, 5) is 11.8. The van der Waals surface area contributed by atoms with Crippen LogP contribution >= 0.6 is 0 Å². The van der Waals surface area contributed by atoms with Gasteiger partial charge in [0.05, 0.1) is 0 Å². The molecular weight excluding hydrogens is 259 g/mol. The highest BCUT2D eigenvalue weighted by atomic mass is 19.1. The first-order valence-corrected chi connectivity index (χ1v) is 7.00. The summed E-state index contributed by atoms with van der Waals surface area (Å²) >= 11 is 0. The zero-order valence-electron chi connectivity index (χ0n) is 12.1. The molecule has 0 saturated heterocycles. The van der Waals surface area contributed by atoms with Crippen molar-refractivity contribution in [2.75, 3.05) is 6.54 Å². The van der Waals surface area contributed by atoms with Crippen LogP contribution in [0.3, 0.4) is 0 Å². The molecule has 0 saturated carbocycles. The molecule has 1 rings (SSSR count). The molecule has 5 heteroatoms. The standard InChI is InChI=1S/C15H23FN2O2/c1-3-4-5-6-18-15(19)11(2)20-14-8-12(10-17)7-13(16)9-14/h7-9,11H,3-6,10,17H2,1-2H3,(H,18,19). The number of nitrogens with two attached hydrogens (primary N) is 1. The van der Waals surface area contributed by atoms with E-state index in [9.17, 15) is 9.18 Å². The number of benzene rings is 1. The van der Waals surface area contributed by atoms with Gasteiger partial charge in [-0.2, -0.15) is 0 Å². The fourth-order valence-corrected chi connectivity index (χ4v) is 1.79. The minimum absolute atomic E-state index is 0.195. The first-order valence-electron chi connectivity index (χ1n) is 7.00. The summed E-state index contributed by atoms with van der Waals surface area (Å²) in [6.45, 7) is 4.61. The molecule has 0 heterocycles. The summed E-state index contributed by atoms with van der Waals surface area (Å²) < 4.78 is 18.8. The molecule has 1 aromatic rings. The minimum Gasteiger partial charge on any atom is -0.481 e. The van der Waals surface area contributed by atoms with Crippen molar-refractivity contribution in [2.45, 2.75) is 45.8 Å². The Bertz CT molecular complexity index is 438. The molecule has 0 aromatic heterocycles. The van der Waals surface area contributed by atoms with Gasteiger partial charge < -0.3 is 15.8 Å². The van der Waals surface area contributed by atoms with Crippen molar-refractivity contribution in [3.8, 4) is 5.75 Å². The van der Waals surface area contributed by atoms with E-state index in [0.29, 0.717) is 17.9 Å². The SMILES string of the molecule is CCCCCNC(=O)C(C)Oc1cc(F)cc(CN)c1. The average molecular weight is 282 g/mol. The molecule has 3 N–H and O–H groups in total. The van der Waals surface area contributed by atoms with E-state index in [0.717, 1.165) is 19.3 Å². The molecule has 0 aliphatic rings. The summed E-state index contributed by atoms with van der Waals surface area (Å²) in [6.07, 6.45) is 2.47. The van der Waals surface area contributed by atoms with Gasteiger partial charge in [0, 0.05) is 19.2 Å². The van der Waals surface area contributed by atoms with Crippen LogP contribution < -0.4 is 15.8 Å². The van der Waals surface area contributed by atoms with Gasteiger partial charge in [0.1, 0.15) is 11.6 Å². The number of amides is 1. The van der Waals surface area contributed by atoms with Gasteiger partial charge in [0.2, 0.25) is 0 Å². The zero-order chi connectivity index (χ0) is 15.0. The highest BCUT2D eigenvalue weighted by molar-refractivity contribution is 5.80. The lowest BCUT2D eigenvalue weighted by molar-refractivity contribution is -0.127. The number of hydrogen-bond donors (Lipinski definition) is 2. The fourth-order valence-electron chi connectivity index (χ4n) is 1.79. The lowest BCUT2D eigenvalue weighted by Gasteiger charge is -2.15. The second kappa shape index (κ2) is 8.53. The number of unbranched alkanes of at least 4 members (excludes halogenated alkanes) is 2. The van der Waals surface area contributed by atoms with Gasteiger partial charge in [0.15, 0.2) is 6.10 Å². The largest absolute Gasteiger partial charge is 0.481 e. The van der Waals surface area contributed by atoms with Gasteiger partial charge >= 0.3 is 0 Å². The Morgan fingerprint density at radius 3 is 2.80 bits per heavy atom. The summed E-state index contributed by atoms with van der Waals surface area (Å²) in [5, 5.41) is 2.80. The van der Waals surface area contributed by atoms with Gasteiger partial charge in [-0.05, 0) is 31.0 Å². The zero-order valence-corrected chi connectivity index (χ0v) is 12.1. The van der Waals surface area contributed by atoms with Crippen LogP contribution in [-0.4, -0.2) is 18.6 Å². The van der Waals surface area contributed by atoms with Crippen molar-refractivity contribution in [1.29, 1.82) is 0 Å². The highest BCUT2D eigenvalue weighted by Gasteiger charge is 2.14.